The molecular formula is C24H25N11S. The highest BCUT2D eigenvalue weighted by Gasteiger charge is 2.25. The molecular weight excluding hydrogens is 474 g/mol. The molecule has 2 aliphatic rings. The SMILES string of the molecule is CNc1nc(N2CCCC2)nc(N2CCCC2)c1N=Nc1c(C#N)cnn1-c1nc2ccccc2s1. The molecule has 0 bridgehead atoms. The molecule has 11 nitrogen and oxygen atoms in total. The summed E-state index contributed by atoms with van der Waals surface area (Å²) in [5.74, 6) is 2.42. The van der Waals surface area contributed by atoms with Crippen LogP contribution in [0.3, 0.4) is 0 Å². The monoisotopic (exact) mass is 499 g/mol. The molecule has 12 heteroatoms. The Morgan fingerprint density at radius 2 is 1.72 bits per heavy atom. The van der Waals surface area contributed by atoms with Crippen LogP contribution in [-0.4, -0.2) is 58.0 Å². The number of benzene rings is 1. The Morgan fingerprint density at radius 1 is 0.972 bits per heavy atom. The first kappa shape index (κ1) is 22.4. The third-order valence-electron chi connectivity index (χ3n) is 6.46. The van der Waals surface area contributed by atoms with Gasteiger partial charge in [0.25, 0.3) is 0 Å². The molecule has 5 heterocycles. The van der Waals surface area contributed by atoms with Crippen LogP contribution in [0.4, 0.5) is 29.1 Å². The van der Waals surface area contributed by atoms with Crippen LogP contribution in [0, 0.1) is 11.3 Å². The van der Waals surface area contributed by atoms with E-state index in [1.807, 2.05) is 31.3 Å². The van der Waals surface area contributed by atoms with Crippen molar-refractivity contribution in [3.63, 3.8) is 0 Å². The van der Waals surface area contributed by atoms with Gasteiger partial charge in [-0.3, -0.25) is 0 Å². The number of nitriles is 1. The molecule has 1 aromatic carbocycles. The molecule has 0 spiro atoms. The fourth-order valence-corrected chi connectivity index (χ4v) is 5.54. The Kier molecular flexibility index (Phi) is 5.90. The molecule has 0 amide bonds. The van der Waals surface area contributed by atoms with Crippen LogP contribution in [0.15, 0.2) is 40.7 Å². The average molecular weight is 500 g/mol. The highest BCUT2D eigenvalue weighted by atomic mass is 32.1. The summed E-state index contributed by atoms with van der Waals surface area (Å²) < 4.78 is 2.60. The maximum absolute atomic E-state index is 9.73. The molecule has 0 aliphatic carbocycles. The molecule has 6 rings (SSSR count). The Bertz CT molecular complexity index is 1440. The Labute approximate surface area is 212 Å². The van der Waals surface area contributed by atoms with Crippen molar-refractivity contribution in [1.82, 2.24) is 24.7 Å². The zero-order chi connectivity index (χ0) is 24.5. The van der Waals surface area contributed by atoms with Crippen molar-refractivity contribution in [2.75, 3.05) is 48.3 Å². The van der Waals surface area contributed by atoms with Crippen molar-refractivity contribution < 1.29 is 0 Å². The number of hydrogen-bond acceptors (Lipinski definition) is 11. The van der Waals surface area contributed by atoms with Gasteiger partial charge >= 0.3 is 0 Å². The topological polar surface area (TPSA) is 124 Å². The maximum atomic E-state index is 9.73. The van der Waals surface area contributed by atoms with Crippen LogP contribution in [0.2, 0.25) is 0 Å². The molecule has 36 heavy (non-hydrogen) atoms. The first-order chi connectivity index (χ1) is 17.7. The van der Waals surface area contributed by atoms with Crippen molar-refractivity contribution in [1.29, 1.82) is 5.26 Å². The van der Waals surface area contributed by atoms with Crippen molar-refractivity contribution >= 4 is 50.6 Å². The Hall–Kier alpha value is -4.11. The van der Waals surface area contributed by atoms with Crippen LogP contribution in [0.25, 0.3) is 15.3 Å². The highest BCUT2D eigenvalue weighted by molar-refractivity contribution is 7.20. The van der Waals surface area contributed by atoms with Gasteiger partial charge < -0.3 is 15.1 Å². The van der Waals surface area contributed by atoms with Gasteiger partial charge in [-0.25, -0.2) is 4.98 Å². The van der Waals surface area contributed by atoms with E-state index in [0.29, 0.717) is 28.0 Å². The van der Waals surface area contributed by atoms with Crippen LogP contribution in [-0.2, 0) is 0 Å². The second-order valence-corrected chi connectivity index (χ2v) is 9.76. The van der Waals surface area contributed by atoms with E-state index in [4.69, 9.17) is 9.97 Å². The summed E-state index contributed by atoms with van der Waals surface area (Å²) in [6.45, 7) is 3.73. The van der Waals surface area contributed by atoms with E-state index in [0.717, 1.165) is 73.8 Å². The summed E-state index contributed by atoms with van der Waals surface area (Å²) >= 11 is 1.48. The lowest BCUT2D eigenvalue weighted by molar-refractivity contribution is 0.856. The van der Waals surface area contributed by atoms with E-state index >= 15 is 0 Å². The lowest BCUT2D eigenvalue weighted by atomic mass is 10.3. The molecule has 3 aromatic heterocycles. The van der Waals surface area contributed by atoms with E-state index in [1.165, 1.54) is 17.5 Å². The van der Waals surface area contributed by atoms with Gasteiger partial charge in [-0.15, -0.1) is 10.2 Å². The zero-order valence-electron chi connectivity index (χ0n) is 19.9. The lowest BCUT2D eigenvalue weighted by Gasteiger charge is -2.23. The van der Waals surface area contributed by atoms with Gasteiger partial charge in [-0.05, 0) is 37.8 Å². The van der Waals surface area contributed by atoms with E-state index in [1.54, 1.807) is 4.68 Å². The van der Waals surface area contributed by atoms with Crippen molar-refractivity contribution in [2.24, 2.45) is 10.2 Å². The van der Waals surface area contributed by atoms with Gasteiger partial charge in [0.05, 0.1) is 16.4 Å². The normalized spacial score (nSPS) is 15.9. The summed E-state index contributed by atoms with van der Waals surface area (Å²) in [5, 5.41) is 27.1. The quantitative estimate of drug-likeness (QED) is 0.375. The number of para-hydroxylation sites is 1. The zero-order valence-corrected chi connectivity index (χ0v) is 20.7. The van der Waals surface area contributed by atoms with Crippen molar-refractivity contribution in [2.45, 2.75) is 25.7 Å². The molecule has 0 unspecified atom stereocenters. The number of thiazole rings is 1. The minimum absolute atomic E-state index is 0.321. The minimum atomic E-state index is 0.321. The van der Waals surface area contributed by atoms with Crippen molar-refractivity contribution in [3.05, 3.63) is 36.0 Å². The number of rotatable bonds is 6. The molecule has 1 N–H and O–H groups in total. The van der Waals surface area contributed by atoms with Gasteiger partial charge in [0.15, 0.2) is 23.1 Å². The number of anilines is 3. The number of azo groups is 1. The van der Waals surface area contributed by atoms with Gasteiger partial charge in [-0.1, -0.05) is 23.5 Å². The maximum Gasteiger partial charge on any atom is 0.229 e. The fourth-order valence-electron chi connectivity index (χ4n) is 4.61. The molecule has 2 aliphatic heterocycles. The van der Waals surface area contributed by atoms with E-state index in [9.17, 15) is 5.26 Å². The smallest absolute Gasteiger partial charge is 0.229 e. The van der Waals surface area contributed by atoms with Gasteiger partial charge in [0, 0.05) is 33.2 Å². The third kappa shape index (κ3) is 4.01. The first-order valence-corrected chi connectivity index (χ1v) is 12.9. The second-order valence-electron chi connectivity index (χ2n) is 8.75. The molecule has 4 aromatic rings. The molecule has 0 saturated carbocycles. The third-order valence-corrected chi connectivity index (χ3v) is 7.47. The molecule has 2 saturated heterocycles. The van der Waals surface area contributed by atoms with E-state index in [-0.39, 0.29) is 0 Å². The molecule has 0 atom stereocenters. The highest BCUT2D eigenvalue weighted by Crippen LogP contribution is 2.39. The summed E-state index contributed by atoms with van der Waals surface area (Å²) in [6, 6.07) is 10.1. The fraction of sp³-hybridized carbons (Fsp3) is 0.375. The van der Waals surface area contributed by atoms with Crippen molar-refractivity contribution in [3.8, 4) is 11.2 Å². The molecule has 0 radical (unpaired) electrons. The van der Waals surface area contributed by atoms with Gasteiger partial charge in [-0.2, -0.15) is 25.0 Å². The Morgan fingerprint density at radius 3 is 2.44 bits per heavy atom. The predicted octanol–water partition coefficient (Wildman–Crippen LogP) is 4.80. The van der Waals surface area contributed by atoms with Crippen LogP contribution in [0.1, 0.15) is 31.2 Å². The van der Waals surface area contributed by atoms with E-state index < -0.39 is 0 Å². The second kappa shape index (κ2) is 9.50. The van der Waals surface area contributed by atoms with Crippen LogP contribution < -0.4 is 15.1 Å². The molecule has 182 valence electrons. The summed E-state index contributed by atoms with van der Waals surface area (Å²) in [4.78, 5) is 18.9. The molecule has 2 fully saturated rings. The number of hydrogen-bond donors (Lipinski definition) is 1. The average Bonchev–Trinajstić information content (AvgIpc) is 3.73. The number of aromatic nitrogens is 5. The lowest BCUT2D eigenvalue weighted by Crippen LogP contribution is -2.24. The summed E-state index contributed by atoms with van der Waals surface area (Å²) in [5.41, 5.74) is 1.75. The number of nitrogens with zero attached hydrogens (tertiary/aromatic N) is 10. The van der Waals surface area contributed by atoms with E-state index in [2.05, 4.69) is 41.5 Å². The first-order valence-electron chi connectivity index (χ1n) is 12.1. The largest absolute Gasteiger partial charge is 0.371 e. The van der Waals surface area contributed by atoms with Gasteiger partial charge in [0.1, 0.15) is 11.6 Å². The standard InChI is InChI=1S/C24H25N11S/c1-26-20-19(22(33-10-4-5-11-33)30-23(29-20)34-12-6-7-13-34)31-32-21-16(14-25)15-27-35(21)24-28-17-8-2-3-9-18(17)36-24/h2-3,8-9,15H,4-7,10-13H2,1H3,(H,26,29,30). The summed E-state index contributed by atoms with van der Waals surface area (Å²) in [6.07, 6.45) is 6.00. The van der Waals surface area contributed by atoms with Crippen LogP contribution >= 0.6 is 11.3 Å². The van der Waals surface area contributed by atoms with Gasteiger partial charge in [0.2, 0.25) is 11.1 Å². The minimum Gasteiger partial charge on any atom is -0.371 e. The Balaban J connectivity index is 1.44. The summed E-state index contributed by atoms with van der Waals surface area (Å²) in [7, 11) is 1.83. The predicted molar refractivity (Wildman–Crippen MR) is 140 cm³/mol. The number of fused-ring (bicyclic) bond motifs is 1. The number of nitrogens with one attached hydrogen (secondary N) is 1. The van der Waals surface area contributed by atoms with Crippen LogP contribution in [0.5, 0.6) is 0 Å².